The van der Waals surface area contributed by atoms with Crippen LogP contribution in [-0.4, -0.2) is 16.5 Å². The SMILES string of the molecule is c1c[nH]c(CNCC(C2CC2)C2CC2)n1. The first-order valence-electron chi connectivity index (χ1n) is 6.12. The first-order valence-corrected chi connectivity index (χ1v) is 6.12. The highest BCUT2D eigenvalue weighted by atomic mass is 15.0. The second-order valence-electron chi connectivity index (χ2n) is 5.01. The molecule has 2 saturated carbocycles. The van der Waals surface area contributed by atoms with Crippen molar-refractivity contribution in [3.8, 4) is 0 Å². The van der Waals surface area contributed by atoms with Gasteiger partial charge in [-0.05, 0) is 50.0 Å². The number of imidazole rings is 1. The summed E-state index contributed by atoms with van der Waals surface area (Å²) in [5.41, 5.74) is 0. The summed E-state index contributed by atoms with van der Waals surface area (Å²) in [6.45, 7) is 2.08. The molecule has 0 spiro atoms. The van der Waals surface area contributed by atoms with E-state index in [1.54, 1.807) is 0 Å². The Morgan fingerprint density at radius 3 is 2.60 bits per heavy atom. The van der Waals surface area contributed by atoms with Gasteiger partial charge in [0, 0.05) is 12.4 Å². The quantitative estimate of drug-likeness (QED) is 0.745. The fourth-order valence-electron chi connectivity index (χ4n) is 2.52. The lowest BCUT2D eigenvalue weighted by molar-refractivity contribution is 0.377. The molecule has 0 radical (unpaired) electrons. The van der Waals surface area contributed by atoms with Gasteiger partial charge in [0.05, 0.1) is 6.54 Å². The highest BCUT2D eigenvalue weighted by molar-refractivity contribution is 4.93. The summed E-state index contributed by atoms with van der Waals surface area (Å²) in [7, 11) is 0. The summed E-state index contributed by atoms with van der Waals surface area (Å²) < 4.78 is 0. The molecule has 2 N–H and O–H groups in total. The standard InChI is InChI=1S/C12H19N3/c1-2-9(1)11(10-3-4-10)7-13-8-12-14-5-6-15-12/h5-6,9-11,13H,1-4,7-8H2,(H,14,15). The zero-order valence-corrected chi connectivity index (χ0v) is 9.08. The van der Waals surface area contributed by atoms with E-state index >= 15 is 0 Å². The molecule has 0 aliphatic heterocycles. The van der Waals surface area contributed by atoms with E-state index in [-0.39, 0.29) is 0 Å². The lowest BCUT2D eigenvalue weighted by atomic mass is 9.98. The van der Waals surface area contributed by atoms with Crippen LogP contribution >= 0.6 is 0 Å². The lowest BCUT2D eigenvalue weighted by Gasteiger charge is -2.15. The predicted molar refractivity (Wildman–Crippen MR) is 59.2 cm³/mol. The van der Waals surface area contributed by atoms with Crippen molar-refractivity contribution in [1.82, 2.24) is 15.3 Å². The van der Waals surface area contributed by atoms with Crippen molar-refractivity contribution >= 4 is 0 Å². The van der Waals surface area contributed by atoms with Crippen molar-refractivity contribution in [2.45, 2.75) is 32.2 Å². The van der Waals surface area contributed by atoms with Crippen LogP contribution < -0.4 is 5.32 Å². The number of nitrogens with zero attached hydrogens (tertiary/aromatic N) is 1. The van der Waals surface area contributed by atoms with Gasteiger partial charge in [0.15, 0.2) is 0 Å². The molecule has 15 heavy (non-hydrogen) atoms. The van der Waals surface area contributed by atoms with Gasteiger partial charge in [-0.3, -0.25) is 0 Å². The minimum absolute atomic E-state index is 0.892. The van der Waals surface area contributed by atoms with Crippen LogP contribution in [0, 0.1) is 17.8 Å². The van der Waals surface area contributed by atoms with Gasteiger partial charge in [-0.2, -0.15) is 0 Å². The average Bonchev–Trinajstić information content (AvgIpc) is 3.15. The van der Waals surface area contributed by atoms with Crippen LogP contribution in [0.2, 0.25) is 0 Å². The van der Waals surface area contributed by atoms with Gasteiger partial charge in [0.1, 0.15) is 5.82 Å². The summed E-state index contributed by atoms with van der Waals surface area (Å²) in [5.74, 6) is 4.10. The molecule has 3 heteroatoms. The third-order valence-electron chi connectivity index (χ3n) is 3.68. The van der Waals surface area contributed by atoms with Crippen molar-refractivity contribution in [2.24, 2.45) is 17.8 Å². The largest absolute Gasteiger partial charge is 0.348 e. The summed E-state index contributed by atoms with van der Waals surface area (Å²) in [4.78, 5) is 7.34. The normalized spacial score (nSPS) is 21.1. The fourth-order valence-corrected chi connectivity index (χ4v) is 2.52. The second kappa shape index (κ2) is 3.97. The molecule has 0 atom stereocenters. The van der Waals surface area contributed by atoms with E-state index in [4.69, 9.17) is 0 Å². The van der Waals surface area contributed by atoms with Gasteiger partial charge in [-0.1, -0.05) is 0 Å². The molecule has 1 heterocycles. The monoisotopic (exact) mass is 205 g/mol. The van der Waals surface area contributed by atoms with Gasteiger partial charge in [-0.15, -0.1) is 0 Å². The highest BCUT2D eigenvalue weighted by Crippen LogP contribution is 2.48. The van der Waals surface area contributed by atoms with Crippen LogP contribution in [0.15, 0.2) is 12.4 Å². The van der Waals surface area contributed by atoms with Crippen LogP contribution in [0.5, 0.6) is 0 Å². The van der Waals surface area contributed by atoms with Crippen molar-refractivity contribution in [2.75, 3.05) is 6.54 Å². The van der Waals surface area contributed by atoms with E-state index in [1.807, 2.05) is 12.4 Å². The maximum Gasteiger partial charge on any atom is 0.120 e. The van der Waals surface area contributed by atoms with Crippen molar-refractivity contribution in [1.29, 1.82) is 0 Å². The zero-order valence-electron chi connectivity index (χ0n) is 9.08. The van der Waals surface area contributed by atoms with Crippen molar-refractivity contribution in [3.63, 3.8) is 0 Å². The number of aromatic amines is 1. The number of hydrogen-bond acceptors (Lipinski definition) is 2. The molecule has 3 nitrogen and oxygen atoms in total. The van der Waals surface area contributed by atoms with E-state index in [9.17, 15) is 0 Å². The molecule has 82 valence electrons. The topological polar surface area (TPSA) is 40.7 Å². The number of nitrogens with one attached hydrogen (secondary N) is 2. The summed E-state index contributed by atoms with van der Waals surface area (Å²) in [6.07, 6.45) is 9.60. The van der Waals surface area contributed by atoms with Crippen LogP contribution in [0.25, 0.3) is 0 Å². The van der Waals surface area contributed by atoms with Gasteiger partial charge >= 0.3 is 0 Å². The molecule has 0 bridgehead atoms. The highest BCUT2D eigenvalue weighted by Gasteiger charge is 2.40. The number of H-pyrrole nitrogens is 1. The summed E-state index contributed by atoms with van der Waals surface area (Å²) in [5, 5.41) is 3.54. The molecule has 0 amide bonds. The molecule has 0 aromatic carbocycles. The Morgan fingerprint density at radius 2 is 2.07 bits per heavy atom. The molecule has 3 rings (SSSR count). The number of aromatic nitrogens is 2. The van der Waals surface area contributed by atoms with Crippen LogP contribution in [0.3, 0.4) is 0 Å². The minimum Gasteiger partial charge on any atom is -0.348 e. The average molecular weight is 205 g/mol. The predicted octanol–water partition coefficient (Wildman–Crippen LogP) is 1.94. The van der Waals surface area contributed by atoms with Crippen molar-refractivity contribution in [3.05, 3.63) is 18.2 Å². The fraction of sp³-hybridized carbons (Fsp3) is 0.750. The molecule has 0 saturated heterocycles. The van der Waals surface area contributed by atoms with Crippen molar-refractivity contribution < 1.29 is 0 Å². The second-order valence-corrected chi connectivity index (χ2v) is 5.01. The van der Waals surface area contributed by atoms with Crippen LogP contribution in [-0.2, 0) is 6.54 Å². The molecular weight excluding hydrogens is 186 g/mol. The van der Waals surface area contributed by atoms with E-state index in [0.29, 0.717) is 0 Å². The lowest BCUT2D eigenvalue weighted by Crippen LogP contribution is -2.25. The van der Waals surface area contributed by atoms with E-state index in [2.05, 4.69) is 15.3 Å². The smallest absolute Gasteiger partial charge is 0.120 e. The zero-order chi connectivity index (χ0) is 10.1. The van der Waals surface area contributed by atoms with Crippen LogP contribution in [0.1, 0.15) is 31.5 Å². The first kappa shape index (κ1) is 9.40. The summed E-state index contributed by atoms with van der Waals surface area (Å²) in [6, 6.07) is 0. The number of rotatable bonds is 6. The third kappa shape index (κ3) is 2.40. The van der Waals surface area contributed by atoms with Gasteiger partial charge in [-0.25, -0.2) is 4.98 Å². The molecule has 2 fully saturated rings. The Labute approximate surface area is 90.7 Å². The first-order chi connectivity index (χ1) is 7.43. The van der Waals surface area contributed by atoms with Gasteiger partial charge < -0.3 is 10.3 Å². The molecule has 0 unspecified atom stereocenters. The van der Waals surface area contributed by atoms with Gasteiger partial charge in [0.2, 0.25) is 0 Å². The Hall–Kier alpha value is -0.830. The Bertz CT molecular complexity index is 287. The van der Waals surface area contributed by atoms with E-state index < -0.39 is 0 Å². The summed E-state index contributed by atoms with van der Waals surface area (Å²) >= 11 is 0. The minimum atomic E-state index is 0.892. The molecule has 2 aliphatic rings. The Kier molecular flexibility index (Phi) is 2.49. The maximum atomic E-state index is 4.22. The molecular formula is C12H19N3. The Morgan fingerprint density at radius 1 is 1.33 bits per heavy atom. The maximum absolute atomic E-state index is 4.22. The third-order valence-corrected chi connectivity index (χ3v) is 3.68. The number of hydrogen-bond donors (Lipinski definition) is 2. The molecule has 1 aromatic heterocycles. The Balaban J connectivity index is 1.44. The molecule has 2 aliphatic carbocycles. The van der Waals surface area contributed by atoms with Gasteiger partial charge in [0.25, 0.3) is 0 Å². The van der Waals surface area contributed by atoms with E-state index in [0.717, 1.165) is 30.1 Å². The van der Waals surface area contributed by atoms with E-state index in [1.165, 1.54) is 32.2 Å². The molecule has 1 aromatic rings. The van der Waals surface area contributed by atoms with Crippen LogP contribution in [0.4, 0.5) is 0 Å².